The number of nitrogens with one attached hydrogen (secondary N) is 1. The molecular weight excluding hydrogens is 264 g/mol. The summed E-state index contributed by atoms with van der Waals surface area (Å²) in [6.45, 7) is 9.11. The summed E-state index contributed by atoms with van der Waals surface area (Å²) < 4.78 is 1.28. The minimum atomic E-state index is 0.364. The van der Waals surface area contributed by atoms with E-state index in [0.29, 0.717) is 12.1 Å². The van der Waals surface area contributed by atoms with E-state index in [-0.39, 0.29) is 0 Å². The lowest BCUT2D eigenvalue weighted by Crippen LogP contribution is -2.29. The van der Waals surface area contributed by atoms with Crippen molar-refractivity contribution >= 4 is 21.6 Å². The fraction of sp³-hybridized carbons (Fsp3) is 0.588. The molecule has 110 valence electrons. The molecule has 0 amide bonds. The van der Waals surface area contributed by atoms with Gasteiger partial charge >= 0.3 is 0 Å². The van der Waals surface area contributed by atoms with E-state index in [1.165, 1.54) is 29.5 Å². The summed E-state index contributed by atoms with van der Waals surface area (Å²) in [5.74, 6) is 0.810. The summed E-state index contributed by atoms with van der Waals surface area (Å²) in [7, 11) is 0. The van der Waals surface area contributed by atoms with E-state index in [0.717, 1.165) is 11.4 Å². The average Bonchev–Trinajstić information content (AvgIpc) is 2.85. The molecule has 0 fully saturated rings. The molecule has 0 bridgehead atoms. The number of aromatic nitrogens is 1. The van der Waals surface area contributed by atoms with E-state index >= 15 is 0 Å². The Morgan fingerprint density at radius 1 is 1.20 bits per heavy atom. The lowest BCUT2D eigenvalue weighted by Gasteiger charge is -2.20. The van der Waals surface area contributed by atoms with Crippen molar-refractivity contribution in [2.24, 2.45) is 5.92 Å². The van der Waals surface area contributed by atoms with Crippen molar-refractivity contribution in [1.29, 1.82) is 0 Å². The molecule has 0 aliphatic heterocycles. The van der Waals surface area contributed by atoms with Gasteiger partial charge in [0.05, 0.1) is 10.2 Å². The number of rotatable bonds is 7. The first-order valence-corrected chi connectivity index (χ1v) is 8.53. The number of nitrogens with zero attached hydrogens (tertiary/aromatic N) is 1. The minimum absolute atomic E-state index is 0.364. The van der Waals surface area contributed by atoms with Crippen LogP contribution in [0.25, 0.3) is 10.2 Å². The molecule has 2 atom stereocenters. The third-order valence-electron chi connectivity index (χ3n) is 3.78. The maximum atomic E-state index is 4.53. The second-order valence-corrected chi connectivity index (χ2v) is 7.13. The molecule has 0 saturated heterocycles. The molecule has 2 rings (SSSR count). The van der Waals surface area contributed by atoms with Gasteiger partial charge in [-0.2, -0.15) is 0 Å². The van der Waals surface area contributed by atoms with Crippen molar-refractivity contribution in [3.8, 4) is 0 Å². The number of hydrogen-bond acceptors (Lipinski definition) is 3. The first kappa shape index (κ1) is 15.5. The van der Waals surface area contributed by atoms with Gasteiger partial charge in [0, 0.05) is 18.3 Å². The summed E-state index contributed by atoms with van der Waals surface area (Å²) in [5.41, 5.74) is 2.39. The number of hydrogen-bond donors (Lipinski definition) is 1. The van der Waals surface area contributed by atoms with Crippen LogP contribution in [-0.4, -0.2) is 11.0 Å². The van der Waals surface area contributed by atoms with Gasteiger partial charge in [0.2, 0.25) is 0 Å². The van der Waals surface area contributed by atoms with E-state index < -0.39 is 0 Å². The Kier molecular flexibility index (Phi) is 5.55. The fourth-order valence-electron chi connectivity index (χ4n) is 2.54. The standard InChI is InChI=1S/C17H26N2S/c1-12(2)6-5-7-13(3)19-14(4)15-10-17-16(18-11-15)8-9-20-17/h8-14,19H,5-7H2,1-4H3. The summed E-state index contributed by atoms with van der Waals surface area (Å²) >= 11 is 1.76. The zero-order valence-corrected chi connectivity index (χ0v) is 13.8. The van der Waals surface area contributed by atoms with Crippen molar-refractivity contribution in [1.82, 2.24) is 10.3 Å². The Hall–Kier alpha value is -0.930. The Balaban J connectivity index is 1.88. The van der Waals surface area contributed by atoms with E-state index in [4.69, 9.17) is 0 Å². The van der Waals surface area contributed by atoms with Crippen LogP contribution in [0.2, 0.25) is 0 Å². The fourth-order valence-corrected chi connectivity index (χ4v) is 3.33. The molecular formula is C17H26N2S. The normalized spacial score (nSPS) is 14.8. The van der Waals surface area contributed by atoms with E-state index in [9.17, 15) is 0 Å². The molecule has 3 heteroatoms. The third kappa shape index (κ3) is 4.29. The van der Waals surface area contributed by atoms with Crippen LogP contribution < -0.4 is 5.32 Å². The topological polar surface area (TPSA) is 24.9 Å². The minimum Gasteiger partial charge on any atom is -0.308 e. The molecule has 0 spiro atoms. The lowest BCUT2D eigenvalue weighted by atomic mass is 10.0. The van der Waals surface area contributed by atoms with Crippen LogP contribution in [0, 0.1) is 5.92 Å². The molecule has 2 nitrogen and oxygen atoms in total. The van der Waals surface area contributed by atoms with Crippen molar-refractivity contribution in [2.45, 2.75) is 59.0 Å². The average molecular weight is 290 g/mol. The van der Waals surface area contributed by atoms with Crippen LogP contribution in [0.3, 0.4) is 0 Å². The maximum Gasteiger partial charge on any atom is 0.0809 e. The van der Waals surface area contributed by atoms with Gasteiger partial charge in [0.1, 0.15) is 0 Å². The Bertz CT molecular complexity index is 533. The van der Waals surface area contributed by atoms with Crippen LogP contribution in [0.4, 0.5) is 0 Å². The van der Waals surface area contributed by atoms with Gasteiger partial charge < -0.3 is 5.32 Å². The van der Waals surface area contributed by atoms with Crippen molar-refractivity contribution < 1.29 is 0 Å². The molecule has 0 aliphatic rings. The predicted octanol–water partition coefficient (Wildman–Crippen LogP) is 5.16. The maximum absolute atomic E-state index is 4.53. The predicted molar refractivity (Wildman–Crippen MR) is 89.3 cm³/mol. The Morgan fingerprint density at radius 2 is 2.00 bits per heavy atom. The zero-order chi connectivity index (χ0) is 14.5. The molecule has 2 unspecified atom stereocenters. The summed E-state index contributed by atoms with van der Waals surface area (Å²) in [4.78, 5) is 4.53. The van der Waals surface area contributed by atoms with Gasteiger partial charge in [-0.15, -0.1) is 11.3 Å². The van der Waals surface area contributed by atoms with E-state index in [1.54, 1.807) is 11.3 Å². The van der Waals surface area contributed by atoms with Gasteiger partial charge in [0.15, 0.2) is 0 Å². The zero-order valence-electron chi connectivity index (χ0n) is 13.0. The number of pyridine rings is 1. The molecule has 2 aromatic rings. The molecule has 1 N–H and O–H groups in total. The van der Waals surface area contributed by atoms with Gasteiger partial charge in [-0.05, 0) is 49.3 Å². The smallest absolute Gasteiger partial charge is 0.0809 e. The monoisotopic (exact) mass is 290 g/mol. The van der Waals surface area contributed by atoms with E-state index in [2.05, 4.69) is 55.5 Å². The van der Waals surface area contributed by atoms with Gasteiger partial charge in [-0.3, -0.25) is 4.98 Å². The van der Waals surface area contributed by atoms with Crippen molar-refractivity contribution in [3.63, 3.8) is 0 Å². The van der Waals surface area contributed by atoms with E-state index in [1.807, 2.05) is 6.20 Å². The number of thiophene rings is 1. The van der Waals surface area contributed by atoms with Crippen LogP contribution in [0.1, 0.15) is 58.6 Å². The quantitative estimate of drug-likeness (QED) is 0.761. The Labute approximate surface area is 126 Å². The third-order valence-corrected chi connectivity index (χ3v) is 4.63. The second-order valence-electron chi connectivity index (χ2n) is 6.19. The van der Waals surface area contributed by atoms with Crippen molar-refractivity contribution in [3.05, 3.63) is 29.3 Å². The Morgan fingerprint density at radius 3 is 2.75 bits per heavy atom. The molecule has 0 saturated carbocycles. The highest BCUT2D eigenvalue weighted by Crippen LogP contribution is 2.23. The molecule has 2 aromatic heterocycles. The van der Waals surface area contributed by atoms with Gasteiger partial charge in [-0.25, -0.2) is 0 Å². The van der Waals surface area contributed by atoms with Crippen molar-refractivity contribution in [2.75, 3.05) is 0 Å². The highest BCUT2D eigenvalue weighted by atomic mass is 32.1. The van der Waals surface area contributed by atoms with Gasteiger partial charge in [0.25, 0.3) is 0 Å². The van der Waals surface area contributed by atoms with Crippen LogP contribution in [0.5, 0.6) is 0 Å². The second kappa shape index (κ2) is 7.19. The van der Waals surface area contributed by atoms with Crippen LogP contribution in [-0.2, 0) is 0 Å². The first-order valence-electron chi connectivity index (χ1n) is 7.65. The molecule has 0 aromatic carbocycles. The summed E-state index contributed by atoms with van der Waals surface area (Å²) in [5, 5.41) is 5.80. The molecule has 0 radical (unpaired) electrons. The largest absolute Gasteiger partial charge is 0.308 e. The number of fused-ring (bicyclic) bond motifs is 1. The highest BCUT2D eigenvalue weighted by molar-refractivity contribution is 7.17. The van der Waals surface area contributed by atoms with Gasteiger partial charge in [-0.1, -0.05) is 26.7 Å². The SMILES string of the molecule is CC(C)CCCC(C)NC(C)c1cnc2ccsc2c1. The molecule has 2 heterocycles. The highest BCUT2D eigenvalue weighted by Gasteiger charge is 2.11. The first-order chi connectivity index (χ1) is 9.56. The van der Waals surface area contributed by atoms with Crippen LogP contribution >= 0.6 is 11.3 Å². The molecule has 20 heavy (non-hydrogen) atoms. The summed E-state index contributed by atoms with van der Waals surface area (Å²) in [6, 6.07) is 5.27. The lowest BCUT2D eigenvalue weighted by molar-refractivity contribution is 0.423. The van der Waals surface area contributed by atoms with Crippen LogP contribution in [0.15, 0.2) is 23.7 Å². The molecule has 0 aliphatic carbocycles. The summed E-state index contributed by atoms with van der Waals surface area (Å²) in [6.07, 6.45) is 5.88.